The molecule has 88 valence electrons. The Morgan fingerprint density at radius 2 is 1.71 bits per heavy atom. The second kappa shape index (κ2) is 4.47. The van der Waals surface area contributed by atoms with E-state index in [1.165, 1.54) is 11.9 Å². The Balaban J connectivity index is 2.60. The molecular weight excluding hydrogens is 214 g/mol. The average molecular weight is 229 g/mol. The first-order valence-electron chi connectivity index (χ1n) is 5.35. The van der Waals surface area contributed by atoms with E-state index in [-0.39, 0.29) is 0 Å². The fraction of sp³-hybridized carbons (Fsp3) is 0.250. The van der Waals surface area contributed by atoms with Crippen LogP contribution < -0.4 is 11.3 Å². The van der Waals surface area contributed by atoms with Gasteiger partial charge >= 0.3 is 0 Å². The number of nitrogens with two attached hydrogens (primary N) is 1. The number of hydrazine groups is 1. The van der Waals surface area contributed by atoms with Crippen LogP contribution in [-0.2, 0) is 0 Å². The lowest BCUT2D eigenvalue weighted by atomic mass is 9.99. The molecule has 0 amide bonds. The molecule has 1 heterocycles. The molecule has 0 bridgehead atoms. The molecule has 0 saturated heterocycles. The van der Waals surface area contributed by atoms with Gasteiger partial charge in [-0.05, 0) is 31.9 Å². The number of aromatic nitrogens is 3. The van der Waals surface area contributed by atoms with Crippen molar-refractivity contribution >= 4 is 5.95 Å². The predicted octanol–water partition coefficient (Wildman–Crippen LogP) is 1.75. The highest BCUT2D eigenvalue weighted by molar-refractivity contribution is 5.65. The van der Waals surface area contributed by atoms with Crippen LogP contribution in [0.5, 0.6) is 0 Å². The zero-order valence-corrected chi connectivity index (χ0v) is 10.2. The monoisotopic (exact) mass is 229 g/mol. The van der Waals surface area contributed by atoms with Crippen LogP contribution in [-0.4, -0.2) is 15.0 Å². The average Bonchev–Trinajstić information content (AvgIpc) is 2.28. The van der Waals surface area contributed by atoms with Gasteiger partial charge in [0.05, 0.1) is 0 Å². The van der Waals surface area contributed by atoms with Gasteiger partial charge in [-0.3, -0.25) is 5.43 Å². The second-order valence-electron chi connectivity index (χ2n) is 4.05. The topological polar surface area (TPSA) is 76.7 Å². The largest absolute Gasteiger partial charge is 0.292 e. The maximum Gasteiger partial charge on any atom is 0.240 e. The molecule has 5 nitrogen and oxygen atoms in total. The quantitative estimate of drug-likeness (QED) is 0.606. The third kappa shape index (κ3) is 2.24. The molecule has 0 aliphatic carbocycles. The number of hydrogen-bond acceptors (Lipinski definition) is 5. The van der Waals surface area contributed by atoms with E-state index in [4.69, 9.17) is 5.84 Å². The van der Waals surface area contributed by atoms with Crippen molar-refractivity contribution in [2.24, 2.45) is 5.84 Å². The van der Waals surface area contributed by atoms with Crippen molar-refractivity contribution < 1.29 is 0 Å². The van der Waals surface area contributed by atoms with E-state index in [0.29, 0.717) is 11.8 Å². The summed E-state index contributed by atoms with van der Waals surface area (Å²) in [5.74, 6) is 6.31. The summed E-state index contributed by atoms with van der Waals surface area (Å²) in [7, 11) is 0. The molecule has 2 rings (SSSR count). The van der Waals surface area contributed by atoms with E-state index in [1.54, 1.807) is 0 Å². The summed E-state index contributed by atoms with van der Waals surface area (Å²) in [6, 6.07) is 4.23. The van der Waals surface area contributed by atoms with Crippen molar-refractivity contribution in [3.8, 4) is 11.4 Å². The molecule has 0 fully saturated rings. The van der Waals surface area contributed by atoms with Gasteiger partial charge in [-0.2, -0.15) is 4.98 Å². The Morgan fingerprint density at radius 1 is 1.06 bits per heavy atom. The van der Waals surface area contributed by atoms with Crippen molar-refractivity contribution in [2.45, 2.75) is 20.8 Å². The number of nitrogens with one attached hydrogen (secondary N) is 1. The van der Waals surface area contributed by atoms with E-state index in [9.17, 15) is 0 Å². The molecular formula is C12H15N5. The van der Waals surface area contributed by atoms with Crippen molar-refractivity contribution in [3.05, 3.63) is 35.2 Å². The van der Waals surface area contributed by atoms with Crippen LogP contribution in [0.1, 0.15) is 16.7 Å². The highest BCUT2D eigenvalue weighted by atomic mass is 15.3. The van der Waals surface area contributed by atoms with Crippen LogP contribution >= 0.6 is 0 Å². The molecule has 0 unspecified atom stereocenters. The van der Waals surface area contributed by atoms with Gasteiger partial charge in [0.25, 0.3) is 0 Å². The molecule has 3 N–H and O–H groups in total. The number of nitrogens with zero attached hydrogens (tertiary/aromatic N) is 3. The predicted molar refractivity (Wildman–Crippen MR) is 67.3 cm³/mol. The lowest BCUT2D eigenvalue weighted by molar-refractivity contribution is 1.03. The fourth-order valence-electron chi connectivity index (χ4n) is 2.02. The summed E-state index contributed by atoms with van der Waals surface area (Å²) in [4.78, 5) is 12.3. The molecule has 1 aromatic carbocycles. The first-order chi connectivity index (χ1) is 8.11. The summed E-state index contributed by atoms with van der Waals surface area (Å²) in [6.45, 7) is 6.17. The molecule has 17 heavy (non-hydrogen) atoms. The summed E-state index contributed by atoms with van der Waals surface area (Å²) >= 11 is 0. The first kappa shape index (κ1) is 11.5. The highest BCUT2D eigenvalue weighted by Gasteiger charge is 2.10. The number of aryl methyl sites for hydroxylation is 3. The van der Waals surface area contributed by atoms with Crippen molar-refractivity contribution in [1.82, 2.24) is 15.0 Å². The number of hydrogen-bond donors (Lipinski definition) is 2. The summed E-state index contributed by atoms with van der Waals surface area (Å²) in [6.07, 6.45) is 1.45. The Bertz CT molecular complexity index is 527. The zero-order valence-electron chi connectivity index (χ0n) is 10.2. The van der Waals surface area contributed by atoms with Crippen molar-refractivity contribution in [1.29, 1.82) is 0 Å². The normalized spacial score (nSPS) is 10.4. The molecule has 0 aliphatic heterocycles. The number of anilines is 1. The van der Waals surface area contributed by atoms with Gasteiger partial charge in [-0.1, -0.05) is 17.7 Å². The maximum atomic E-state index is 5.29. The van der Waals surface area contributed by atoms with Crippen LogP contribution in [0.3, 0.4) is 0 Å². The van der Waals surface area contributed by atoms with Gasteiger partial charge in [0.2, 0.25) is 5.95 Å². The molecule has 0 spiro atoms. The fourth-order valence-corrected chi connectivity index (χ4v) is 2.02. The van der Waals surface area contributed by atoms with Gasteiger partial charge in [-0.15, -0.1) is 0 Å². The van der Waals surface area contributed by atoms with Gasteiger partial charge < -0.3 is 0 Å². The van der Waals surface area contributed by atoms with Crippen LogP contribution in [0, 0.1) is 20.8 Å². The van der Waals surface area contributed by atoms with Gasteiger partial charge in [0.1, 0.15) is 6.33 Å². The minimum absolute atomic E-state index is 0.370. The third-order valence-corrected chi connectivity index (χ3v) is 2.60. The molecule has 0 aliphatic rings. The van der Waals surface area contributed by atoms with E-state index >= 15 is 0 Å². The highest BCUT2D eigenvalue weighted by Crippen LogP contribution is 2.25. The zero-order chi connectivity index (χ0) is 12.4. The summed E-state index contributed by atoms with van der Waals surface area (Å²) in [5, 5.41) is 0. The maximum absolute atomic E-state index is 5.29. The second-order valence-corrected chi connectivity index (χ2v) is 4.05. The molecule has 0 saturated carbocycles. The summed E-state index contributed by atoms with van der Waals surface area (Å²) in [5.41, 5.74) is 6.99. The third-order valence-electron chi connectivity index (χ3n) is 2.60. The number of rotatable bonds is 2. The van der Waals surface area contributed by atoms with Crippen molar-refractivity contribution in [3.63, 3.8) is 0 Å². The number of nitrogen functional groups attached to an aromatic ring is 1. The van der Waals surface area contributed by atoms with Gasteiger partial charge in [0, 0.05) is 5.56 Å². The van der Waals surface area contributed by atoms with E-state index in [2.05, 4.69) is 53.3 Å². The standard InChI is InChI=1S/C12H15N5/c1-7-4-8(2)10(9(3)5-7)11-14-6-15-12(16-11)17-13/h4-6H,13H2,1-3H3,(H,14,15,16,17). The van der Waals surface area contributed by atoms with Crippen LogP contribution in [0.2, 0.25) is 0 Å². The Hall–Kier alpha value is -2.01. The van der Waals surface area contributed by atoms with E-state index in [0.717, 1.165) is 16.7 Å². The van der Waals surface area contributed by atoms with Crippen molar-refractivity contribution in [2.75, 3.05) is 5.43 Å². The summed E-state index contributed by atoms with van der Waals surface area (Å²) < 4.78 is 0. The minimum atomic E-state index is 0.370. The first-order valence-corrected chi connectivity index (χ1v) is 5.35. The SMILES string of the molecule is Cc1cc(C)c(-c2ncnc(NN)n2)c(C)c1. The molecule has 5 heteroatoms. The Kier molecular flexibility index (Phi) is 3.01. The Morgan fingerprint density at radius 3 is 2.29 bits per heavy atom. The molecule has 2 aromatic rings. The molecule has 0 radical (unpaired) electrons. The van der Waals surface area contributed by atoms with Gasteiger partial charge in [0.15, 0.2) is 5.82 Å². The number of benzene rings is 1. The smallest absolute Gasteiger partial charge is 0.240 e. The molecule has 1 aromatic heterocycles. The Labute approximate surface area is 100 Å². The lowest BCUT2D eigenvalue weighted by Crippen LogP contribution is -2.11. The lowest BCUT2D eigenvalue weighted by Gasteiger charge is -2.10. The van der Waals surface area contributed by atoms with E-state index in [1.807, 2.05) is 0 Å². The van der Waals surface area contributed by atoms with Crippen LogP contribution in [0.4, 0.5) is 5.95 Å². The molecule has 0 atom stereocenters. The van der Waals surface area contributed by atoms with Crippen LogP contribution in [0.25, 0.3) is 11.4 Å². The minimum Gasteiger partial charge on any atom is -0.292 e. The van der Waals surface area contributed by atoms with E-state index < -0.39 is 0 Å². The van der Waals surface area contributed by atoms with Gasteiger partial charge in [-0.25, -0.2) is 15.8 Å². The van der Waals surface area contributed by atoms with Crippen LogP contribution in [0.15, 0.2) is 18.5 Å².